The number of halogens is 3. The van der Waals surface area contributed by atoms with Crippen molar-refractivity contribution in [3.05, 3.63) is 84.2 Å². The summed E-state index contributed by atoms with van der Waals surface area (Å²) < 4.78 is 12.4. The molecule has 8 nitrogen and oxygen atoms in total. The highest BCUT2D eigenvalue weighted by Gasteiger charge is 2.37. The molecule has 2 heterocycles. The van der Waals surface area contributed by atoms with Crippen LogP contribution in [0, 0.1) is 3.57 Å². The Morgan fingerprint density at radius 1 is 1.09 bits per heavy atom. The quantitative estimate of drug-likeness (QED) is 0.132. The number of nitrogens with one attached hydrogen (secondary N) is 1. The van der Waals surface area contributed by atoms with Gasteiger partial charge < -0.3 is 9.15 Å². The molecule has 1 N–H and O–H groups in total. The van der Waals surface area contributed by atoms with Crippen molar-refractivity contribution in [1.82, 2.24) is 5.32 Å². The van der Waals surface area contributed by atoms with Gasteiger partial charge in [-0.1, -0.05) is 15.9 Å². The molecule has 1 fully saturated rings. The maximum absolute atomic E-state index is 13.2. The zero-order chi connectivity index (χ0) is 23.7. The molecule has 3 aromatic rings. The average molecular weight is 686 g/mol. The summed E-state index contributed by atoms with van der Waals surface area (Å²) in [5, 5.41) is 2.17. The highest BCUT2D eigenvalue weighted by Crippen LogP contribution is 2.35. The molecule has 0 aliphatic carbocycles. The van der Waals surface area contributed by atoms with Gasteiger partial charge in [-0.2, -0.15) is 0 Å². The lowest BCUT2D eigenvalue weighted by Gasteiger charge is -2.26. The number of ether oxygens (including phenoxy) is 1. The number of hydrogen-bond donors (Lipinski definition) is 1. The second kappa shape index (κ2) is 9.61. The molecule has 1 aliphatic heterocycles. The Balaban J connectivity index is 1.76. The smallest absolute Gasteiger partial charge is 0.379 e. The first kappa shape index (κ1) is 23.4. The molecule has 0 radical (unpaired) electrons. The van der Waals surface area contributed by atoms with Crippen LogP contribution in [-0.2, 0) is 9.59 Å². The number of anilines is 1. The Morgan fingerprint density at radius 2 is 1.82 bits per heavy atom. The molecule has 11 heteroatoms. The summed E-state index contributed by atoms with van der Waals surface area (Å²) in [5.41, 5.74) is 0.233. The third kappa shape index (κ3) is 4.94. The molecule has 1 aliphatic rings. The fourth-order valence-corrected chi connectivity index (χ4v) is 4.67. The van der Waals surface area contributed by atoms with Crippen LogP contribution in [0.5, 0.6) is 5.75 Å². The lowest BCUT2D eigenvalue weighted by molar-refractivity contribution is -0.122. The maximum Gasteiger partial charge on any atom is 0.379 e. The van der Waals surface area contributed by atoms with Crippen LogP contribution in [0.15, 0.2) is 73.7 Å². The van der Waals surface area contributed by atoms with Crippen LogP contribution in [0.1, 0.15) is 16.1 Å². The minimum absolute atomic E-state index is 0.0228. The number of carbonyl (C=O) groups is 4. The molecular formula is C22H11Br2IN2O6. The van der Waals surface area contributed by atoms with Crippen molar-refractivity contribution in [2.24, 2.45) is 0 Å². The predicted octanol–water partition coefficient (Wildman–Crippen LogP) is 5.29. The van der Waals surface area contributed by atoms with Crippen molar-refractivity contribution in [3.63, 3.8) is 0 Å². The van der Waals surface area contributed by atoms with E-state index in [0.717, 1.165) is 8.47 Å². The number of barbiturate groups is 1. The summed E-state index contributed by atoms with van der Waals surface area (Å²) >= 11 is 8.77. The zero-order valence-electron chi connectivity index (χ0n) is 16.3. The normalized spacial score (nSPS) is 15.1. The van der Waals surface area contributed by atoms with Gasteiger partial charge in [0.1, 0.15) is 5.57 Å². The second-order valence-corrected chi connectivity index (χ2v) is 9.62. The molecule has 1 saturated heterocycles. The number of rotatable bonds is 4. The number of urea groups is 1. The molecular weight excluding hydrogens is 675 g/mol. The highest BCUT2D eigenvalue weighted by molar-refractivity contribution is 14.1. The van der Waals surface area contributed by atoms with E-state index in [0.29, 0.717) is 14.6 Å². The van der Waals surface area contributed by atoms with E-state index in [-0.39, 0.29) is 22.6 Å². The van der Waals surface area contributed by atoms with Gasteiger partial charge in [-0.05, 0) is 93.1 Å². The molecule has 1 aromatic heterocycles. The molecule has 0 saturated carbocycles. The number of hydrogen-bond acceptors (Lipinski definition) is 6. The summed E-state index contributed by atoms with van der Waals surface area (Å²) in [5.74, 6) is -2.41. The van der Waals surface area contributed by atoms with E-state index < -0.39 is 23.8 Å². The van der Waals surface area contributed by atoms with Gasteiger partial charge in [0.25, 0.3) is 11.8 Å². The number of carbonyl (C=O) groups excluding carboxylic acids is 4. The van der Waals surface area contributed by atoms with E-state index in [2.05, 4.69) is 59.8 Å². The largest absolute Gasteiger partial charge is 0.457 e. The van der Waals surface area contributed by atoms with E-state index in [4.69, 9.17) is 9.15 Å². The van der Waals surface area contributed by atoms with E-state index >= 15 is 0 Å². The van der Waals surface area contributed by atoms with Crippen LogP contribution in [0.25, 0.3) is 6.08 Å². The third-order valence-corrected chi connectivity index (χ3v) is 6.21. The van der Waals surface area contributed by atoms with Crippen LogP contribution < -0.4 is 15.0 Å². The Bertz CT molecular complexity index is 1320. The molecule has 2 aromatic carbocycles. The number of nitrogens with zero attached hydrogens (tertiary/aromatic N) is 1. The molecule has 0 atom stereocenters. The van der Waals surface area contributed by atoms with Gasteiger partial charge >= 0.3 is 12.0 Å². The fraction of sp³-hybridized carbons (Fsp3) is 0. The van der Waals surface area contributed by atoms with Crippen LogP contribution in [0.3, 0.4) is 0 Å². The summed E-state index contributed by atoms with van der Waals surface area (Å²) in [7, 11) is 0. The Hall–Kier alpha value is -2.77. The number of amides is 4. The first-order chi connectivity index (χ1) is 15.7. The monoisotopic (exact) mass is 684 g/mol. The van der Waals surface area contributed by atoms with Gasteiger partial charge in [-0.15, -0.1) is 0 Å². The number of imide groups is 2. The van der Waals surface area contributed by atoms with Crippen molar-refractivity contribution in [2.45, 2.75) is 0 Å². The summed E-state index contributed by atoms with van der Waals surface area (Å²) in [4.78, 5) is 51.4. The highest BCUT2D eigenvalue weighted by atomic mass is 127. The summed E-state index contributed by atoms with van der Waals surface area (Å²) in [6.45, 7) is 0. The number of benzene rings is 2. The number of esters is 1. The molecule has 0 spiro atoms. The lowest BCUT2D eigenvalue weighted by Crippen LogP contribution is -2.54. The van der Waals surface area contributed by atoms with Gasteiger partial charge in [0.15, 0.2) is 5.75 Å². The van der Waals surface area contributed by atoms with Gasteiger partial charge in [0.05, 0.1) is 16.4 Å². The van der Waals surface area contributed by atoms with Gasteiger partial charge in [-0.3, -0.25) is 14.9 Å². The standard InChI is InChI=1S/C22H11Br2IN2O6/c23-12-8-11(18(16(24)10-12)33-21(30)17-2-1-7-32-17)9-15-19(28)26-22(31)27(20(15)29)14-5-3-13(25)4-6-14/h1-10H,(H,26,28,31)/b15-9-. The topological polar surface area (TPSA) is 106 Å². The van der Waals surface area contributed by atoms with Crippen molar-refractivity contribution in [1.29, 1.82) is 0 Å². The second-order valence-electron chi connectivity index (χ2n) is 6.61. The SMILES string of the molecule is O=C1NC(=O)N(c2ccc(I)cc2)C(=O)/C1=C\c1cc(Br)cc(Br)c1OC(=O)c1ccco1. The molecule has 33 heavy (non-hydrogen) atoms. The third-order valence-electron chi connectivity index (χ3n) is 4.44. The average Bonchev–Trinajstić information content (AvgIpc) is 3.29. The van der Waals surface area contributed by atoms with Gasteiger partial charge in [-0.25, -0.2) is 14.5 Å². The maximum atomic E-state index is 13.2. The van der Waals surface area contributed by atoms with Crippen LogP contribution >= 0.6 is 54.5 Å². The first-order valence-electron chi connectivity index (χ1n) is 9.16. The Morgan fingerprint density at radius 3 is 2.48 bits per heavy atom. The minimum atomic E-state index is -0.869. The minimum Gasteiger partial charge on any atom is -0.457 e. The Kier molecular flexibility index (Phi) is 6.81. The first-order valence-corrected chi connectivity index (χ1v) is 11.8. The van der Waals surface area contributed by atoms with Crippen molar-refractivity contribution in [2.75, 3.05) is 4.90 Å². The summed E-state index contributed by atoms with van der Waals surface area (Å²) in [6.07, 6.45) is 2.58. The van der Waals surface area contributed by atoms with Crippen LogP contribution in [-0.4, -0.2) is 23.8 Å². The molecule has 4 rings (SSSR count). The molecule has 0 unspecified atom stereocenters. The van der Waals surface area contributed by atoms with E-state index in [9.17, 15) is 19.2 Å². The van der Waals surface area contributed by atoms with Crippen molar-refractivity contribution in [3.8, 4) is 5.75 Å². The lowest BCUT2D eigenvalue weighted by atomic mass is 10.1. The molecule has 166 valence electrons. The molecule has 0 bridgehead atoms. The summed E-state index contributed by atoms with van der Waals surface area (Å²) in [6, 6.07) is 12.0. The van der Waals surface area contributed by atoms with Crippen LogP contribution in [0.4, 0.5) is 10.5 Å². The van der Waals surface area contributed by atoms with Crippen molar-refractivity contribution >= 4 is 90.0 Å². The van der Waals surface area contributed by atoms with E-state index in [1.54, 1.807) is 36.4 Å². The van der Waals surface area contributed by atoms with Crippen molar-refractivity contribution < 1.29 is 28.3 Å². The Labute approximate surface area is 217 Å². The van der Waals surface area contributed by atoms with Crippen LogP contribution in [0.2, 0.25) is 0 Å². The fourth-order valence-electron chi connectivity index (χ4n) is 2.97. The zero-order valence-corrected chi connectivity index (χ0v) is 21.6. The van der Waals surface area contributed by atoms with E-state index in [1.165, 1.54) is 24.5 Å². The molecule has 4 amide bonds. The number of furan rings is 1. The van der Waals surface area contributed by atoms with E-state index in [1.807, 2.05) is 0 Å². The van der Waals surface area contributed by atoms with Gasteiger partial charge in [0, 0.05) is 13.6 Å². The predicted molar refractivity (Wildman–Crippen MR) is 134 cm³/mol. The van der Waals surface area contributed by atoms with Gasteiger partial charge in [0.2, 0.25) is 5.76 Å².